The largest absolute Gasteiger partial charge is 0.491 e. The lowest BCUT2D eigenvalue weighted by Gasteiger charge is -2.43. The van der Waals surface area contributed by atoms with Crippen molar-refractivity contribution in [1.29, 1.82) is 0 Å². The van der Waals surface area contributed by atoms with E-state index < -0.39 is 0 Å². The topological polar surface area (TPSA) is 71.4 Å². The van der Waals surface area contributed by atoms with Crippen LogP contribution in [-0.4, -0.2) is 40.5 Å². The summed E-state index contributed by atoms with van der Waals surface area (Å²) in [7, 11) is 0. The maximum absolute atomic E-state index is 11.9. The van der Waals surface area contributed by atoms with Crippen LogP contribution in [-0.2, 0) is 16.0 Å². The van der Waals surface area contributed by atoms with Gasteiger partial charge in [0.2, 0.25) is 0 Å². The number of carbonyl (C=O) groups excluding carboxylic acids is 1. The predicted octanol–water partition coefficient (Wildman–Crippen LogP) is 5.89. The summed E-state index contributed by atoms with van der Waals surface area (Å²) in [6.45, 7) is 4.53. The fraction of sp³-hybridized carbons (Fsp3) is 0.448. The quantitative estimate of drug-likeness (QED) is 0.308. The van der Waals surface area contributed by atoms with Crippen LogP contribution in [0.15, 0.2) is 59.4 Å². The summed E-state index contributed by atoms with van der Waals surface area (Å²) in [4.78, 5) is 14.4. The maximum Gasteiger partial charge on any atom is 0.307 e. The second-order valence-electron chi connectivity index (χ2n) is 9.94. The Morgan fingerprint density at radius 1 is 1.20 bits per heavy atom. The lowest BCUT2D eigenvalue weighted by Crippen LogP contribution is -2.43. The van der Waals surface area contributed by atoms with Crippen LogP contribution in [0.1, 0.15) is 75.1 Å². The summed E-state index contributed by atoms with van der Waals surface area (Å²) in [6.07, 6.45) is 6.41. The molecule has 1 N–H and O–H groups in total. The van der Waals surface area contributed by atoms with E-state index in [1.807, 2.05) is 6.07 Å². The summed E-state index contributed by atoms with van der Waals surface area (Å²) in [6, 6.07) is 17.3. The fourth-order valence-corrected chi connectivity index (χ4v) is 5.98. The molecule has 1 saturated heterocycles. The first-order valence-corrected chi connectivity index (χ1v) is 12.8. The highest BCUT2D eigenvalue weighted by molar-refractivity contribution is 5.96. The summed E-state index contributed by atoms with van der Waals surface area (Å²) < 4.78 is 12.1. The van der Waals surface area contributed by atoms with Crippen LogP contribution in [0.5, 0.6) is 5.75 Å². The lowest BCUT2D eigenvalue weighted by molar-refractivity contribution is -0.136. The number of hydrogen-bond acceptors (Lipinski definition) is 6. The Hall–Kier alpha value is -3.12. The molecule has 6 heteroatoms. The molecule has 1 fully saturated rings. The van der Waals surface area contributed by atoms with E-state index in [1.165, 1.54) is 18.1 Å². The van der Waals surface area contributed by atoms with Crippen LogP contribution >= 0.6 is 0 Å². The Balaban J connectivity index is 1.40. The number of fused-ring (bicyclic) bond motifs is 6. The molecule has 0 saturated carbocycles. The maximum atomic E-state index is 11.9. The molecule has 2 aromatic carbocycles. The first kappa shape index (κ1) is 23.6. The number of esters is 1. The molecule has 0 spiro atoms. The first-order valence-electron chi connectivity index (χ1n) is 12.8. The zero-order chi connectivity index (χ0) is 24.4. The second kappa shape index (κ2) is 10.2. The minimum Gasteiger partial charge on any atom is -0.491 e. The molecule has 3 unspecified atom stereocenters. The van der Waals surface area contributed by atoms with Gasteiger partial charge in [0.15, 0.2) is 0 Å². The van der Waals surface area contributed by atoms with Crippen molar-refractivity contribution in [2.24, 2.45) is 5.16 Å². The standard InChI is InChI=1S/C29H34N2O4/c1-19(8-6-11-21-9-4-3-5-10-21)34-23-13-14-24-25(18-23)29-27(31-15-7-12-26(24)31)16-22(30-33)17-28(29)35-20(2)32/h3-5,9-10,13-14,18-19,26-27,33H,6-8,11-12,15-17H2,1-2H3. The van der Waals surface area contributed by atoms with Gasteiger partial charge in [0, 0.05) is 37.4 Å². The third kappa shape index (κ3) is 4.98. The number of rotatable bonds is 7. The van der Waals surface area contributed by atoms with E-state index in [2.05, 4.69) is 59.4 Å². The van der Waals surface area contributed by atoms with Gasteiger partial charge in [0.05, 0.1) is 11.8 Å². The molecule has 35 heavy (non-hydrogen) atoms. The van der Waals surface area contributed by atoms with Gasteiger partial charge in [-0.05, 0) is 74.4 Å². The summed E-state index contributed by atoms with van der Waals surface area (Å²) in [5.74, 6) is 1.09. The van der Waals surface area contributed by atoms with Crippen LogP contribution in [0.25, 0.3) is 5.57 Å². The average Bonchev–Trinajstić information content (AvgIpc) is 3.34. The van der Waals surface area contributed by atoms with Crippen molar-refractivity contribution in [1.82, 2.24) is 4.90 Å². The van der Waals surface area contributed by atoms with Gasteiger partial charge in [-0.1, -0.05) is 41.6 Å². The van der Waals surface area contributed by atoms with E-state index >= 15 is 0 Å². The Morgan fingerprint density at radius 3 is 2.80 bits per heavy atom. The molecule has 0 bridgehead atoms. The van der Waals surface area contributed by atoms with Crippen molar-refractivity contribution < 1.29 is 19.5 Å². The molecule has 3 atom stereocenters. The van der Waals surface area contributed by atoms with Crippen LogP contribution in [0.3, 0.4) is 0 Å². The normalized spacial score (nSPS) is 23.4. The second-order valence-corrected chi connectivity index (χ2v) is 9.94. The fourth-order valence-electron chi connectivity index (χ4n) is 5.98. The number of oxime groups is 1. The van der Waals surface area contributed by atoms with E-state index in [4.69, 9.17) is 9.47 Å². The van der Waals surface area contributed by atoms with Gasteiger partial charge in [-0.15, -0.1) is 0 Å². The molecule has 184 valence electrons. The Morgan fingerprint density at radius 2 is 2.03 bits per heavy atom. The Kier molecular flexibility index (Phi) is 6.91. The van der Waals surface area contributed by atoms with Crippen LogP contribution < -0.4 is 4.74 Å². The van der Waals surface area contributed by atoms with Gasteiger partial charge in [0.25, 0.3) is 0 Å². The molecule has 1 aliphatic carbocycles. The van der Waals surface area contributed by atoms with Gasteiger partial charge >= 0.3 is 5.97 Å². The summed E-state index contributed by atoms with van der Waals surface area (Å²) in [5.41, 5.74) is 5.44. The Bertz CT molecular complexity index is 1140. The number of benzene rings is 2. The molecule has 0 aromatic heterocycles. The number of allylic oxidation sites excluding steroid dienone is 1. The molecule has 5 rings (SSSR count). The highest BCUT2D eigenvalue weighted by Gasteiger charge is 2.44. The van der Waals surface area contributed by atoms with Gasteiger partial charge in [-0.25, -0.2) is 0 Å². The number of nitrogens with zero attached hydrogens (tertiary/aromatic N) is 2. The first-order chi connectivity index (χ1) is 17.0. The SMILES string of the molecule is CC(=O)OC1=C2c3cc(OC(C)CCCc4ccccc4)ccc3C3CCCN3C2CC(=NO)C1. The Labute approximate surface area is 207 Å². The van der Waals surface area contributed by atoms with E-state index in [-0.39, 0.29) is 18.1 Å². The van der Waals surface area contributed by atoms with Crippen molar-refractivity contribution in [2.75, 3.05) is 6.54 Å². The molecule has 0 amide bonds. The van der Waals surface area contributed by atoms with Gasteiger partial charge in [-0.2, -0.15) is 0 Å². The molecule has 2 aromatic rings. The third-order valence-corrected chi connectivity index (χ3v) is 7.46. The van der Waals surface area contributed by atoms with Gasteiger partial charge < -0.3 is 14.7 Å². The minimum atomic E-state index is -0.352. The van der Waals surface area contributed by atoms with E-state index in [9.17, 15) is 10.0 Å². The van der Waals surface area contributed by atoms with E-state index in [0.29, 0.717) is 30.4 Å². The number of aryl methyl sites for hydroxylation is 1. The highest BCUT2D eigenvalue weighted by Crippen LogP contribution is 2.50. The predicted molar refractivity (Wildman–Crippen MR) is 136 cm³/mol. The molecule has 6 nitrogen and oxygen atoms in total. The van der Waals surface area contributed by atoms with Crippen molar-refractivity contribution in [3.05, 3.63) is 71.0 Å². The molecule has 2 heterocycles. The molecule has 3 aliphatic rings. The van der Waals surface area contributed by atoms with Crippen molar-refractivity contribution in [2.45, 2.75) is 77.0 Å². The van der Waals surface area contributed by atoms with Crippen LogP contribution in [0.2, 0.25) is 0 Å². The number of carbonyl (C=O) groups is 1. The van der Waals surface area contributed by atoms with Crippen molar-refractivity contribution in [3.63, 3.8) is 0 Å². The zero-order valence-electron chi connectivity index (χ0n) is 20.6. The average molecular weight is 475 g/mol. The van der Waals surface area contributed by atoms with Gasteiger partial charge in [0.1, 0.15) is 11.5 Å². The number of hydrogen-bond donors (Lipinski definition) is 1. The highest BCUT2D eigenvalue weighted by atomic mass is 16.5. The van der Waals surface area contributed by atoms with Crippen molar-refractivity contribution >= 4 is 17.3 Å². The summed E-state index contributed by atoms with van der Waals surface area (Å²) in [5, 5.41) is 13.1. The van der Waals surface area contributed by atoms with E-state index in [0.717, 1.165) is 55.5 Å². The van der Waals surface area contributed by atoms with Crippen molar-refractivity contribution in [3.8, 4) is 5.75 Å². The number of ether oxygens (including phenoxy) is 2. The van der Waals surface area contributed by atoms with E-state index in [1.54, 1.807) is 0 Å². The smallest absolute Gasteiger partial charge is 0.307 e. The van der Waals surface area contributed by atoms with Crippen LogP contribution in [0.4, 0.5) is 0 Å². The third-order valence-electron chi connectivity index (χ3n) is 7.46. The monoisotopic (exact) mass is 474 g/mol. The lowest BCUT2D eigenvalue weighted by atomic mass is 9.78. The van der Waals surface area contributed by atoms with Crippen LogP contribution in [0, 0.1) is 0 Å². The molecular formula is C29H34N2O4. The minimum absolute atomic E-state index is 0.0440. The summed E-state index contributed by atoms with van der Waals surface area (Å²) >= 11 is 0. The zero-order valence-corrected chi connectivity index (χ0v) is 20.6. The van der Waals surface area contributed by atoms with Gasteiger partial charge in [-0.3, -0.25) is 9.69 Å². The molecule has 2 aliphatic heterocycles. The molecule has 0 radical (unpaired) electrons. The molecular weight excluding hydrogens is 440 g/mol.